The molecule has 0 bridgehead atoms. The Kier molecular flexibility index (Phi) is 2.50. The van der Waals surface area contributed by atoms with Crippen LogP contribution in [0, 0.1) is 0 Å². The van der Waals surface area contributed by atoms with Crippen LogP contribution in [-0.4, -0.2) is 13.6 Å². The zero-order valence-electron chi connectivity index (χ0n) is 8.06. The number of anilines is 1. The predicted octanol–water partition coefficient (Wildman–Crippen LogP) is 1.76. The van der Waals surface area contributed by atoms with E-state index in [1.54, 1.807) is 0 Å². The quantitative estimate of drug-likeness (QED) is 0.717. The van der Waals surface area contributed by atoms with E-state index in [4.69, 9.17) is 0 Å². The molecule has 0 unspecified atom stereocenters. The van der Waals surface area contributed by atoms with Crippen molar-refractivity contribution >= 4 is 5.69 Å². The SMILES string of the molecule is CNCc1ccc2c(c1)CCCN2. The van der Waals surface area contributed by atoms with Crippen LogP contribution >= 0.6 is 0 Å². The summed E-state index contributed by atoms with van der Waals surface area (Å²) < 4.78 is 0. The molecule has 0 spiro atoms. The summed E-state index contributed by atoms with van der Waals surface area (Å²) in [6.07, 6.45) is 2.48. The smallest absolute Gasteiger partial charge is 0.0372 e. The van der Waals surface area contributed by atoms with Crippen LogP contribution in [0.3, 0.4) is 0 Å². The topological polar surface area (TPSA) is 24.1 Å². The number of fused-ring (bicyclic) bond motifs is 1. The van der Waals surface area contributed by atoms with E-state index in [2.05, 4.69) is 28.8 Å². The lowest BCUT2D eigenvalue weighted by Gasteiger charge is -2.18. The molecule has 2 heteroatoms. The number of hydrogen-bond donors (Lipinski definition) is 2. The lowest BCUT2D eigenvalue weighted by molar-refractivity contribution is 0.800. The molecule has 13 heavy (non-hydrogen) atoms. The maximum absolute atomic E-state index is 3.41. The van der Waals surface area contributed by atoms with Crippen molar-refractivity contribution in [2.24, 2.45) is 0 Å². The van der Waals surface area contributed by atoms with E-state index < -0.39 is 0 Å². The Hall–Kier alpha value is -1.02. The van der Waals surface area contributed by atoms with Gasteiger partial charge in [0, 0.05) is 18.8 Å². The molecule has 1 aromatic carbocycles. The van der Waals surface area contributed by atoms with Gasteiger partial charge in [-0.15, -0.1) is 0 Å². The van der Waals surface area contributed by atoms with Gasteiger partial charge in [-0.3, -0.25) is 0 Å². The molecule has 2 nitrogen and oxygen atoms in total. The summed E-state index contributed by atoms with van der Waals surface area (Å²) in [4.78, 5) is 0. The summed E-state index contributed by atoms with van der Waals surface area (Å²) in [6.45, 7) is 2.09. The van der Waals surface area contributed by atoms with Crippen molar-refractivity contribution in [2.45, 2.75) is 19.4 Å². The van der Waals surface area contributed by atoms with Gasteiger partial charge in [-0.1, -0.05) is 12.1 Å². The zero-order chi connectivity index (χ0) is 9.10. The molecule has 1 aliphatic heterocycles. The first-order valence-electron chi connectivity index (χ1n) is 4.90. The summed E-state index contributed by atoms with van der Waals surface area (Å²) in [7, 11) is 1.98. The highest BCUT2D eigenvalue weighted by atomic mass is 14.9. The van der Waals surface area contributed by atoms with Crippen LogP contribution in [-0.2, 0) is 13.0 Å². The third kappa shape index (κ3) is 1.83. The lowest BCUT2D eigenvalue weighted by atomic mass is 10.0. The first-order valence-corrected chi connectivity index (χ1v) is 4.90. The second-order valence-corrected chi connectivity index (χ2v) is 3.55. The maximum atomic E-state index is 3.41. The lowest BCUT2D eigenvalue weighted by Crippen LogP contribution is -2.13. The predicted molar refractivity (Wildman–Crippen MR) is 56.0 cm³/mol. The van der Waals surface area contributed by atoms with Gasteiger partial charge in [-0.05, 0) is 37.1 Å². The molecule has 0 amide bonds. The van der Waals surface area contributed by atoms with E-state index in [9.17, 15) is 0 Å². The number of hydrogen-bond acceptors (Lipinski definition) is 2. The van der Waals surface area contributed by atoms with E-state index >= 15 is 0 Å². The van der Waals surface area contributed by atoms with E-state index in [0.29, 0.717) is 0 Å². The van der Waals surface area contributed by atoms with Gasteiger partial charge < -0.3 is 10.6 Å². The third-order valence-electron chi connectivity index (χ3n) is 2.49. The second kappa shape index (κ2) is 3.79. The molecule has 0 fully saturated rings. The molecule has 0 aliphatic carbocycles. The largest absolute Gasteiger partial charge is 0.385 e. The van der Waals surface area contributed by atoms with Crippen molar-refractivity contribution in [1.82, 2.24) is 5.32 Å². The van der Waals surface area contributed by atoms with Crippen molar-refractivity contribution in [3.8, 4) is 0 Å². The molecule has 0 radical (unpaired) electrons. The molecule has 1 aromatic rings. The van der Waals surface area contributed by atoms with Crippen molar-refractivity contribution in [1.29, 1.82) is 0 Å². The zero-order valence-corrected chi connectivity index (χ0v) is 8.06. The first-order chi connectivity index (χ1) is 6.40. The van der Waals surface area contributed by atoms with Crippen molar-refractivity contribution in [2.75, 3.05) is 18.9 Å². The Bertz CT molecular complexity index is 294. The number of aryl methyl sites for hydroxylation is 1. The normalized spacial score (nSPS) is 14.8. The highest BCUT2D eigenvalue weighted by Gasteiger charge is 2.07. The third-order valence-corrected chi connectivity index (χ3v) is 2.49. The van der Waals surface area contributed by atoms with Gasteiger partial charge in [-0.2, -0.15) is 0 Å². The highest BCUT2D eigenvalue weighted by Crippen LogP contribution is 2.22. The van der Waals surface area contributed by atoms with Crippen molar-refractivity contribution in [3.63, 3.8) is 0 Å². The minimum absolute atomic E-state index is 0.966. The number of nitrogens with one attached hydrogen (secondary N) is 2. The fraction of sp³-hybridized carbons (Fsp3) is 0.455. The number of rotatable bonds is 2. The van der Waals surface area contributed by atoms with Gasteiger partial charge in [0.1, 0.15) is 0 Å². The van der Waals surface area contributed by atoms with Crippen molar-refractivity contribution < 1.29 is 0 Å². The van der Waals surface area contributed by atoms with E-state index in [-0.39, 0.29) is 0 Å². The Labute approximate surface area is 79.4 Å². The van der Waals surface area contributed by atoms with E-state index in [1.807, 2.05) is 7.05 Å². The van der Waals surface area contributed by atoms with Crippen LogP contribution in [0.25, 0.3) is 0 Å². The van der Waals surface area contributed by atoms with E-state index in [0.717, 1.165) is 13.1 Å². The second-order valence-electron chi connectivity index (χ2n) is 3.55. The monoisotopic (exact) mass is 176 g/mol. The molecular weight excluding hydrogens is 160 g/mol. The van der Waals surface area contributed by atoms with Crippen LogP contribution < -0.4 is 10.6 Å². The van der Waals surface area contributed by atoms with Crippen LogP contribution in [0.2, 0.25) is 0 Å². The molecular formula is C11H16N2. The Balaban J connectivity index is 2.24. The molecule has 0 atom stereocenters. The van der Waals surface area contributed by atoms with Gasteiger partial charge in [0.15, 0.2) is 0 Å². The van der Waals surface area contributed by atoms with Crippen LogP contribution in [0.1, 0.15) is 17.5 Å². The van der Waals surface area contributed by atoms with Gasteiger partial charge in [0.05, 0.1) is 0 Å². The summed E-state index contributed by atoms with van der Waals surface area (Å²) in [5, 5.41) is 6.58. The van der Waals surface area contributed by atoms with Gasteiger partial charge in [0.2, 0.25) is 0 Å². The Morgan fingerprint density at radius 1 is 1.46 bits per heavy atom. The molecule has 0 aromatic heterocycles. The summed E-state index contributed by atoms with van der Waals surface area (Å²) in [5.41, 5.74) is 4.18. The Morgan fingerprint density at radius 2 is 2.38 bits per heavy atom. The maximum Gasteiger partial charge on any atom is 0.0372 e. The van der Waals surface area contributed by atoms with E-state index in [1.165, 1.54) is 29.7 Å². The summed E-state index contributed by atoms with van der Waals surface area (Å²) in [6, 6.07) is 6.69. The molecule has 1 aliphatic rings. The molecule has 1 heterocycles. The molecule has 0 saturated carbocycles. The molecule has 0 saturated heterocycles. The highest BCUT2D eigenvalue weighted by molar-refractivity contribution is 5.54. The standard InChI is InChI=1S/C11H16N2/c1-12-8-9-4-5-11-10(7-9)3-2-6-13-11/h4-5,7,12-13H,2-3,6,8H2,1H3. The van der Waals surface area contributed by atoms with Gasteiger partial charge in [-0.25, -0.2) is 0 Å². The first kappa shape index (κ1) is 8.57. The van der Waals surface area contributed by atoms with Crippen LogP contribution in [0.4, 0.5) is 5.69 Å². The van der Waals surface area contributed by atoms with Gasteiger partial charge >= 0.3 is 0 Å². The average molecular weight is 176 g/mol. The Morgan fingerprint density at radius 3 is 3.23 bits per heavy atom. The molecule has 2 N–H and O–H groups in total. The number of benzene rings is 1. The van der Waals surface area contributed by atoms with Crippen LogP contribution in [0.5, 0.6) is 0 Å². The summed E-state index contributed by atoms with van der Waals surface area (Å²) >= 11 is 0. The summed E-state index contributed by atoms with van der Waals surface area (Å²) in [5.74, 6) is 0. The fourth-order valence-electron chi connectivity index (χ4n) is 1.84. The molecule has 70 valence electrons. The minimum Gasteiger partial charge on any atom is -0.385 e. The van der Waals surface area contributed by atoms with Gasteiger partial charge in [0.25, 0.3) is 0 Å². The fourth-order valence-corrected chi connectivity index (χ4v) is 1.84. The van der Waals surface area contributed by atoms with Crippen molar-refractivity contribution in [3.05, 3.63) is 29.3 Å². The average Bonchev–Trinajstić information content (AvgIpc) is 2.18. The molecule has 2 rings (SSSR count). The minimum atomic E-state index is 0.966. The van der Waals surface area contributed by atoms with Crippen LogP contribution in [0.15, 0.2) is 18.2 Å².